The Hall–Kier alpha value is -3.79. The highest BCUT2D eigenvalue weighted by molar-refractivity contribution is 5.92. The van der Waals surface area contributed by atoms with Gasteiger partial charge < -0.3 is 20.3 Å². The Kier molecular flexibility index (Phi) is 12.1. The zero-order valence-electron chi connectivity index (χ0n) is 24.1. The molecule has 39 heavy (non-hydrogen) atoms. The van der Waals surface area contributed by atoms with Crippen LogP contribution in [-0.2, 0) is 20.9 Å². The Bertz CT molecular complexity index is 1120. The highest BCUT2D eigenvalue weighted by Crippen LogP contribution is 2.26. The highest BCUT2D eigenvalue weighted by atomic mass is 16.6. The molecule has 0 spiro atoms. The molecular formula is C32H43N3O4. The molecule has 0 radical (unpaired) electrons. The molecule has 0 fully saturated rings. The molecule has 3 amide bonds. The summed E-state index contributed by atoms with van der Waals surface area (Å²) in [5, 5.41) is 5.80. The van der Waals surface area contributed by atoms with Gasteiger partial charge in [-0.05, 0) is 56.4 Å². The van der Waals surface area contributed by atoms with E-state index in [1.165, 1.54) is 0 Å². The lowest BCUT2D eigenvalue weighted by molar-refractivity contribution is -0.143. The molecule has 210 valence electrons. The molecule has 0 aliphatic heterocycles. The zero-order chi connectivity index (χ0) is 29.0. The summed E-state index contributed by atoms with van der Waals surface area (Å²) in [6, 6.07) is 14.9. The standard InChI is InChI=1S/C32H43N3O4/c1-8-11-21-35(30(37)27(23(4)9-2)34-31(38)39-32(5,6)7)28(26-19-17-24(10-3)18-20-26)29(36)33-22-25-15-13-12-14-16-25/h3,12-20,23,27-28H,8-9,11,21-22H2,1-2,4-7H3,(H,33,36)(H,34,38). The fourth-order valence-electron chi connectivity index (χ4n) is 4.11. The molecule has 3 atom stereocenters. The zero-order valence-corrected chi connectivity index (χ0v) is 24.1. The van der Waals surface area contributed by atoms with Gasteiger partial charge in [0.2, 0.25) is 11.8 Å². The van der Waals surface area contributed by atoms with Gasteiger partial charge in [-0.2, -0.15) is 0 Å². The lowest BCUT2D eigenvalue weighted by Crippen LogP contribution is -2.55. The van der Waals surface area contributed by atoms with Crippen molar-refractivity contribution >= 4 is 17.9 Å². The number of amides is 3. The van der Waals surface area contributed by atoms with Crippen molar-refractivity contribution in [3.05, 3.63) is 71.3 Å². The van der Waals surface area contributed by atoms with Gasteiger partial charge in [-0.15, -0.1) is 6.42 Å². The van der Waals surface area contributed by atoms with E-state index in [9.17, 15) is 14.4 Å². The van der Waals surface area contributed by atoms with Crippen LogP contribution in [0.25, 0.3) is 0 Å². The first-order valence-electron chi connectivity index (χ1n) is 13.7. The van der Waals surface area contributed by atoms with Crippen LogP contribution >= 0.6 is 0 Å². The lowest BCUT2D eigenvalue weighted by Gasteiger charge is -2.36. The Balaban J connectivity index is 2.49. The van der Waals surface area contributed by atoms with Crippen molar-refractivity contribution in [2.24, 2.45) is 5.92 Å². The van der Waals surface area contributed by atoms with Crippen molar-refractivity contribution in [3.63, 3.8) is 0 Å². The molecule has 0 bridgehead atoms. The first-order valence-corrected chi connectivity index (χ1v) is 13.7. The van der Waals surface area contributed by atoms with Crippen LogP contribution < -0.4 is 10.6 Å². The molecule has 0 aliphatic rings. The van der Waals surface area contributed by atoms with Gasteiger partial charge in [-0.25, -0.2) is 4.79 Å². The van der Waals surface area contributed by atoms with Gasteiger partial charge in [0.05, 0.1) is 0 Å². The number of ether oxygens (including phenoxy) is 1. The molecule has 2 aromatic rings. The Morgan fingerprint density at radius 1 is 1.03 bits per heavy atom. The van der Waals surface area contributed by atoms with Crippen LogP contribution in [0.15, 0.2) is 54.6 Å². The van der Waals surface area contributed by atoms with E-state index >= 15 is 0 Å². The number of carbonyl (C=O) groups is 3. The Morgan fingerprint density at radius 3 is 2.21 bits per heavy atom. The van der Waals surface area contributed by atoms with E-state index in [2.05, 4.69) is 16.6 Å². The van der Waals surface area contributed by atoms with E-state index in [-0.39, 0.29) is 17.7 Å². The second-order valence-corrected chi connectivity index (χ2v) is 10.8. The number of rotatable bonds is 12. The van der Waals surface area contributed by atoms with Crippen molar-refractivity contribution in [1.29, 1.82) is 0 Å². The van der Waals surface area contributed by atoms with E-state index in [0.29, 0.717) is 37.1 Å². The minimum absolute atomic E-state index is 0.189. The number of unbranched alkanes of at least 4 members (excludes halogenated alkanes) is 1. The number of carbonyl (C=O) groups excluding carboxylic acids is 3. The lowest BCUT2D eigenvalue weighted by atomic mass is 9.95. The number of hydrogen-bond donors (Lipinski definition) is 2. The summed E-state index contributed by atoms with van der Waals surface area (Å²) in [6.07, 6.45) is 7.05. The van der Waals surface area contributed by atoms with Crippen LogP contribution in [0.2, 0.25) is 0 Å². The maximum absolute atomic E-state index is 14.2. The van der Waals surface area contributed by atoms with Crippen molar-refractivity contribution in [3.8, 4) is 12.3 Å². The van der Waals surface area contributed by atoms with E-state index < -0.39 is 23.8 Å². The summed E-state index contributed by atoms with van der Waals surface area (Å²) in [6.45, 7) is 11.9. The van der Waals surface area contributed by atoms with E-state index in [4.69, 9.17) is 11.2 Å². The average Bonchev–Trinajstić information content (AvgIpc) is 2.91. The maximum Gasteiger partial charge on any atom is 0.408 e. The van der Waals surface area contributed by atoms with Gasteiger partial charge in [0.25, 0.3) is 0 Å². The summed E-state index contributed by atoms with van der Waals surface area (Å²) in [5.74, 6) is 1.77. The van der Waals surface area contributed by atoms with Crippen molar-refractivity contribution in [2.45, 2.75) is 85.0 Å². The van der Waals surface area contributed by atoms with Crippen LogP contribution in [0.1, 0.15) is 83.5 Å². The first-order chi connectivity index (χ1) is 18.5. The minimum atomic E-state index is -0.911. The largest absolute Gasteiger partial charge is 0.444 e. The Morgan fingerprint density at radius 2 is 1.67 bits per heavy atom. The molecule has 7 nitrogen and oxygen atoms in total. The van der Waals surface area contributed by atoms with Crippen LogP contribution in [0, 0.1) is 18.3 Å². The monoisotopic (exact) mass is 533 g/mol. The first kappa shape index (κ1) is 31.4. The van der Waals surface area contributed by atoms with Gasteiger partial charge in [-0.1, -0.05) is 82.0 Å². The van der Waals surface area contributed by atoms with Crippen molar-refractivity contribution in [2.75, 3.05) is 6.54 Å². The predicted molar refractivity (Wildman–Crippen MR) is 155 cm³/mol. The highest BCUT2D eigenvalue weighted by Gasteiger charge is 2.37. The van der Waals surface area contributed by atoms with Gasteiger partial charge in [0.1, 0.15) is 17.7 Å². The van der Waals surface area contributed by atoms with Crippen LogP contribution in [-0.4, -0.2) is 41.0 Å². The summed E-state index contributed by atoms with van der Waals surface area (Å²) >= 11 is 0. The summed E-state index contributed by atoms with van der Waals surface area (Å²) in [4.78, 5) is 42.3. The quantitative estimate of drug-likeness (QED) is 0.348. The van der Waals surface area contributed by atoms with Crippen molar-refractivity contribution < 1.29 is 19.1 Å². The fraction of sp³-hybridized carbons (Fsp3) is 0.469. The van der Waals surface area contributed by atoms with Gasteiger partial charge in [0.15, 0.2) is 0 Å². The van der Waals surface area contributed by atoms with E-state index in [1.807, 2.05) is 51.1 Å². The average molecular weight is 534 g/mol. The van der Waals surface area contributed by atoms with Crippen LogP contribution in [0.3, 0.4) is 0 Å². The number of alkyl carbamates (subject to hydrolysis) is 1. The molecule has 3 unspecified atom stereocenters. The van der Waals surface area contributed by atoms with Gasteiger partial charge in [0, 0.05) is 18.7 Å². The second-order valence-electron chi connectivity index (χ2n) is 10.8. The number of nitrogens with zero attached hydrogens (tertiary/aromatic N) is 1. The number of hydrogen-bond acceptors (Lipinski definition) is 4. The molecule has 7 heteroatoms. The molecule has 0 aromatic heterocycles. The molecular weight excluding hydrogens is 490 g/mol. The maximum atomic E-state index is 14.2. The number of nitrogens with one attached hydrogen (secondary N) is 2. The molecule has 2 aromatic carbocycles. The Labute approximate surface area is 233 Å². The van der Waals surface area contributed by atoms with Crippen LogP contribution in [0.5, 0.6) is 0 Å². The molecule has 2 rings (SSSR count). The van der Waals surface area contributed by atoms with Gasteiger partial charge >= 0.3 is 6.09 Å². The fourth-order valence-corrected chi connectivity index (χ4v) is 4.11. The second kappa shape index (κ2) is 15.0. The topological polar surface area (TPSA) is 87.7 Å². The van der Waals surface area contributed by atoms with Gasteiger partial charge in [-0.3, -0.25) is 9.59 Å². The molecule has 0 heterocycles. The normalized spacial score (nSPS) is 13.4. The summed E-state index contributed by atoms with van der Waals surface area (Å²) < 4.78 is 5.46. The summed E-state index contributed by atoms with van der Waals surface area (Å²) in [7, 11) is 0. The minimum Gasteiger partial charge on any atom is -0.444 e. The van der Waals surface area contributed by atoms with Crippen LogP contribution in [0.4, 0.5) is 4.79 Å². The molecule has 2 N–H and O–H groups in total. The molecule has 0 aliphatic carbocycles. The molecule has 0 saturated heterocycles. The van der Waals surface area contributed by atoms with E-state index in [0.717, 1.165) is 12.0 Å². The third-order valence-electron chi connectivity index (χ3n) is 6.45. The predicted octanol–water partition coefficient (Wildman–Crippen LogP) is 5.59. The third kappa shape index (κ3) is 9.79. The number of benzene rings is 2. The smallest absolute Gasteiger partial charge is 0.408 e. The summed E-state index contributed by atoms with van der Waals surface area (Å²) in [5.41, 5.74) is 1.55. The molecule has 0 saturated carbocycles. The SMILES string of the molecule is C#Cc1ccc(C(C(=O)NCc2ccccc2)N(CCCC)C(=O)C(NC(=O)OC(C)(C)C)C(C)CC)cc1. The van der Waals surface area contributed by atoms with E-state index in [1.54, 1.807) is 49.9 Å². The number of terminal acetylenes is 1. The third-order valence-corrected chi connectivity index (χ3v) is 6.45. The van der Waals surface area contributed by atoms with Crippen molar-refractivity contribution in [1.82, 2.24) is 15.5 Å².